The molecule has 0 aromatic heterocycles. The maximum Gasteiger partial charge on any atom is 0.165 e. The van der Waals surface area contributed by atoms with Crippen molar-refractivity contribution >= 4 is 33.2 Å². The van der Waals surface area contributed by atoms with Crippen LogP contribution in [-0.4, -0.2) is 0 Å². The summed E-state index contributed by atoms with van der Waals surface area (Å²) in [4.78, 5) is 0. The fraction of sp³-hybridized carbons (Fsp3) is 0. The first kappa shape index (κ1) is 12.5. The van der Waals surface area contributed by atoms with Gasteiger partial charge in [-0.3, -0.25) is 0 Å². The third-order valence-electron chi connectivity index (χ3n) is 1.61. The molecule has 0 aliphatic heterocycles. The summed E-state index contributed by atoms with van der Waals surface area (Å²) in [5.74, 6) is -0.642. The molecule has 0 bridgehead atoms. The highest BCUT2D eigenvalue weighted by Gasteiger charge is 2.07. The molecule has 1 aromatic carbocycles. The fourth-order valence-corrected chi connectivity index (χ4v) is 1.71. The quantitative estimate of drug-likeness (QED) is 0.671. The van der Waals surface area contributed by atoms with Gasteiger partial charge in [0.15, 0.2) is 5.82 Å². The lowest BCUT2D eigenvalue weighted by molar-refractivity contribution is 0.632. The van der Waals surface area contributed by atoms with Crippen molar-refractivity contribution in [3.05, 3.63) is 39.2 Å². The number of halogens is 3. The second-order valence-corrected chi connectivity index (χ2v) is 4.00. The summed E-state index contributed by atoms with van der Waals surface area (Å²) in [7, 11) is 0. The van der Waals surface area contributed by atoms with Gasteiger partial charge in [0.05, 0.1) is 10.7 Å². The van der Waals surface area contributed by atoms with Gasteiger partial charge in [-0.2, -0.15) is 10.5 Å². The molecular weight excluding hydrogens is 296 g/mol. The van der Waals surface area contributed by atoms with Crippen molar-refractivity contribution in [2.75, 3.05) is 5.32 Å². The Morgan fingerprint density at radius 3 is 2.62 bits per heavy atom. The molecule has 3 nitrogen and oxygen atoms in total. The van der Waals surface area contributed by atoms with E-state index in [1.54, 1.807) is 12.1 Å². The second-order valence-electron chi connectivity index (χ2n) is 2.68. The minimum atomic E-state index is -0.642. The molecule has 6 heteroatoms. The molecule has 0 unspecified atom stereocenters. The Hall–Kier alpha value is -1.56. The van der Waals surface area contributed by atoms with Crippen LogP contribution in [0.15, 0.2) is 28.4 Å². The Bertz CT molecular complexity index is 512. The number of nitriles is 2. The van der Waals surface area contributed by atoms with Crippen LogP contribution in [0.1, 0.15) is 0 Å². The molecule has 16 heavy (non-hydrogen) atoms. The van der Waals surface area contributed by atoms with Crippen molar-refractivity contribution in [1.29, 1.82) is 10.5 Å². The monoisotopic (exact) mass is 299 g/mol. The van der Waals surface area contributed by atoms with E-state index in [0.717, 1.165) is 6.20 Å². The van der Waals surface area contributed by atoms with Gasteiger partial charge in [-0.15, -0.1) is 0 Å². The van der Waals surface area contributed by atoms with Gasteiger partial charge in [-0.25, -0.2) is 4.39 Å². The van der Waals surface area contributed by atoms with Crippen LogP contribution in [0.25, 0.3) is 0 Å². The lowest BCUT2D eigenvalue weighted by atomic mass is 10.3. The fourth-order valence-electron chi connectivity index (χ4n) is 0.900. The van der Waals surface area contributed by atoms with Gasteiger partial charge >= 0.3 is 0 Å². The maximum absolute atomic E-state index is 13.4. The summed E-state index contributed by atoms with van der Waals surface area (Å²) in [6, 6.07) is 6.13. The van der Waals surface area contributed by atoms with Crippen molar-refractivity contribution in [3.63, 3.8) is 0 Å². The number of nitrogens with one attached hydrogen (secondary N) is 1. The summed E-state index contributed by atoms with van der Waals surface area (Å²) in [6.07, 6.45) is 1.11. The van der Waals surface area contributed by atoms with Crippen molar-refractivity contribution in [3.8, 4) is 12.1 Å². The van der Waals surface area contributed by atoms with Crippen LogP contribution in [-0.2, 0) is 0 Å². The van der Waals surface area contributed by atoms with E-state index in [4.69, 9.17) is 22.1 Å². The molecule has 1 rings (SSSR count). The van der Waals surface area contributed by atoms with Crippen LogP contribution in [0.5, 0.6) is 0 Å². The van der Waals surface area contributed by atoms with E-state index in [1.807, 2.05) is 0 Å². The van der Waals surface area contributed by atoms with Gasteiger partial charge in [0, 0.05) is 10.7 Å². The van der Waals surface area contributed by atoms with Crippen LogP contribution in [0, 0.1) is 28.5 Å². The first-order chi connectivity index (χ1) is 7.58. The number of nitrogens with zero attached hydrogens (tertiary/aromatic N) is 2. The van der Waals surface area contributed by atoms with E-state index in [0.29, 0.717) is 4.47 Å². The molecule has 0 fully saturated rings. The summed E-state index contributed by atoms with van der Waals surface area (Å²) in [6.45, 7) is 0. The van der Waals surface area contributed by atoms with Gasteiger partial charge < -0.3 is 5.32 Å². The molecule has 0 saturated heterocycles. The second kappa shape index (κ2) is 5.50. The number of anilines is 1. The molecule has 0 atom stereocenters. The predicted molar refractivity (Wildman–Crippen MR) is 62.0 cm³/mol. The smallest absolute Gasteiger partial charge is 0.165 e. The summed E-state index contributed by atoms with van der Waals surface area (Å²) in [5.41, 5.74) is -0.0714. The molecule has 0 aliphatic rings. The maximum atomic E-state index is 13.4. The Kier molecular flexibility index (Phi) is 4.30. The van der Waals surface area contributed by atoms with Gasteiger partial charge in [0.2, 0.25) is 0 Å². The normalized spacial score (nSPS) is 8.81. The molecule has 0 aliphatic carbocycles. The van der Waals surface area contributed by atoms with Gasteiger partial charge in [0.25, 0.3) is 0 Å². The van der Waals surface area contributed by atoms with Crippen molar-refractivity contribution in [1.82, 2.24) is 0 Å². The average molecular weight is 301 g/mol. The SMILES string of the molecule is N#CC(C#N)=CNc1cc(Br)cc(Cl)c1F. The third-order valence-corrected chi connectivity index (χ3v) is 2.34. The zero-order valence-electron chi connectivity index (χ0n) is 7.76. The summed E-state index contributed by atoms with van der Waals surface area (Å²) < 4.78 is 14.0. The highest BCUT2D eigenvalue weighted by atomic mass is 79.9. The highest BCUT2D eigenvalue weighted by Crippen LogP contribution is 2.27. The largest absolute Gasteiger partial charge is 0.357 e. The van der Waals surface area contributed by atoms with Crippen LogP contribution < -0.4 is 5.32 Å². The van der Waals surface area contributed by atoms with Gasteiger partial charge in [-0.1, -0.05) is 27.5 Å². The van der Waals surface area contributed by atoms with Crippen molar-refractivity contribution in [2.45, 2.75) is 0 Å². The Morgan fingerprint density at radius 2 is 2.06 bits per heavy atom. The first-order valence-electron chi connectivity index (χ1n) is 4.00. The standard InChI is InChI=1S/C10H4BrClFN3/c11-7-1-8(12)10(13)9(2-7)16-5-6(3-14)4-15/h1-2,5,16H. The lowest BCUT2D eigenvalue weighted by Gasteiger charge is -2.04. The number of hydrogen-bond donors (Lipinski definition) is 1. The van der Waals surface area contributed by atoms with E-state index in [1.165, 1.54) is 12.1 Å². The predicted octanol–water partition coefficient (Wildman–Crippen LogP) is 3.58. The minimum Gasteiger partial charge on any atom is -0.357 e. The number of benzene rings is 1. The van der Waals surface area contributed by atoms with Crippen LogP contribution in [0.3, 0.4) is 0 Å². The van der Waals surface area contributed by atoms with Crippen LogP contribution >= 0.6 is 27.5 Å². The van der Waals surface area contributed by atoms with Crippen molar-refractivity contribution < 1.29 is 4.39 Å². The average Bonchev–Trinajstić information content (AvgIpc) is 2.26. The molecule has 0 spiro atoms. The molecule has 0 radical (unpaired) electrons. The molecule has 0 amide bonds. The van der Waals surface area contributed by atoms with E-state index >= 15 is 0 Å². The lowest BCUT2D eigenvalue weighted by Crippen LogP contribution is -1.94. The number of hydrogen-bond acceptors (Lipinski definition) is 3. The number of allylic oxidation sites excluding steroid dienone is 1. The molecule has 1 aromatic rings. The molecule has 0 heterocycles. The molecular formula is C10H4BrClFN3. The summed E-state index contributed by atoms with van der Waals surface area (Å²) >= 11 is 8.75. The van der Waals surface area contributed by atoms with E-state index in [-0.39, 0.29) is 16.3 Å². The van der Waals surface area contributed by atoms with E-state index < -0.39 is 5.82 Å². The Balaban J connectivity index is 3.05. The number of rotatable bonds is 2. The topological polar surface area (TPSA) is 59.6 Å². The zero-order chi connectivity index (χ0) is 12.1. The molecule has 0 saturated carbocycles. The van der Waals surface area contributed by atoms with Gasteiger partial charge in [0.1, 0.15) is 17.7 Å². The molecule has 80 valence electrons. The minimum absolute atomic E-state index is 0.0549. The molecule has 1 N–H and O–H groups in total. The van der Waals surface area contributed by atoms with E-state index in [2.05, 4.69) is 21.2 Å². The zero-order valence-corrected chi connectivity index (χ0v) is 10.1. The first-order valence-corrected chi connectivity index (χ1v) is 5.17. The van der Waals surface area contributed by atoms with Crippen molar-refractivity contribution in [2.24, 2.45) is 0 Å². The van der Waals surface area contributed by atoms with Gasteiger partial charge in [-0.05, 0) is 12.1 Å². The third kappa shape index (κ3) is 2.96. The Labute approximate surface area is 105 Å². The van der Waals surface area contributed by atoms with Crippen LogP contribution in [0.2, 0.25) is 5.02 Å². The van der Waals surface area contributed by atoms with E-state index in [9.17, 15) is 4.39 Å². The highest BCUT2D eigenvalue weighted by molar-refractivity contribution is 9.10. The Morgan fingerprint density at radius 1 is 1.44 bits per heavy atom. The van der Waals surface area contributed by atoms with Crippen LogP contribution in [0.4, 0.5) is 10.1 Å². The summed E-state index contributed by atoms with van der Waals surface area (Å²) in [5, 5.41) is 19.4.